The zero-order valence-corrected chi connectivity index (χ0v) is 15.1. The molecular formula is C21H24N2O3. The third-order valence-corrected chi connectivity index (χ3v) is 4.28. The molecule has 0 bridgehead atoms. The van der Waals surface area contributed by atoms with Gasteiger partial charge >= 0.3 is 5.97 Å². The van der Waals surface area contributed by atoms with Gasteiger partial charge in [0.15, 0.2) is 0 Å². The molecule has 0 radical (unpaired) electrons. The van der Waals surface area contributed by atoms with E-state index in [-0.39, 0.29) is 12.6 Å². The molecule has 1 fully saturated rings. The number of carbonyl (C=O) groups is 1. The summed E-state index contributed by atoms with van der Waals surface area (Å²) in [5.74, 6) is 0.484. The van der Waals surface area contributed by atoms with Crippen molar-refractivity contribution in [1.82, 2.24) is 9.97 Å². The van der Waals surface area contributed by atoms with Gasteiger partial charge in [-0.05, 0) is 56.4 Å². The van der Waals surface area contributed by atoms with Gasteiger partial charge in [0.2, 0.25) is 0 Å². The summed E-state index contributed by atoms with van der Waals surface area (Å²) >= 11 is 0. The minimum absolute atomic E-state index is 0.284. The van der Waals surface area contributed by atoms with Gasteiger partial charge < -0.3 is 9.47 Å². The molecule has 136 valence electrons. The zero-order chi connectivity index (χ0) is 18.2. The largest absolute Gasteiger partial charge is 0.490 e. The van der Waals surface area contributed by atoms with Gasteiger partial charge in [-0.25, -0.2) is 4.79 Å². The molecule has 1 aromatic carbocycles. The summed E-state index contributed by atoms with van der Waals surface area (Å²) in [6, 6.07) is 7.78. The van der Waals surface area contributed by atoms with E-state index in [1.807, 2.05) is 31.2 Å². The minimum Gasteiger partial charge on any atom is -0.490 e. The monoisotopic (exact) mass is 352 g/mol. The lowest BCUT2D eigenvalue weighted by atomic mass is 10.2. The number of hydrogen-bond acceptors (Lipinski definition) is 5. The van der Waals surface area contributed by atoms with Crippen LogP contribution >= 0.6 is 0 Å². The summed E-state index contributed by atoms with van der Waals surface area (Å²) in [7, 11) is 0. The molecule has 1 aliphatic rings. The molecule has 0 aliphatic heterocycles. The average Bonchev–Trinajstić information content (AvgIpc) is 3.13. The molecule has 1 aromatic heterocycles. The van der Waals surface area contributed by atoms with Crippen LogP contribution in [0, 0.1) is 6.92 Å². The molecule has 2 aromatic rings. The van der Waals surface area contributed by atoms with Gasteiger partial charge in [-0.2, -0.15) is 0 Å². The van der Waals surface area contributed by atoms with Crippen LogP contribution in [0.25, 0.3) is 6.08 Å². The van der Waals surface area contributed by atoms with E-state index >= 15 is 0 Å². The van der Waals surface area contributed by atoms with Crippen molar-refractivity contribution in [3.8, 4) is 5.75 Å². The van der Waals surface area contributed by atoms with Crippen LogP contribution in [-0.2, 0) is 16.0 Å². The van der Waals surface area contributed by atoms with Gasteiger partial charge in [-0.3, -0.25) is 9.97 Å². The Kier molecular flexibility index (Phi) is 6.36. The maximum Gasteiger partial charge on any atom is 0.330 e. The van der Waals surface area contributed by atoms with Gasteiger partial charge in [0.1, 0.15) is 5.75 Å². The number of nitrogens with zero attached hydrogens (tertiary/aromatic N) is 2. The molecule has 0 saturated heterocycles. The highest BCUT2D eigenvalue weighted by Gasteiger charge is 2.16. The van der Waals surface area contributed by atoms with Crippen LogP contribution in [0.15, 0.2) is 42.7 Å². The molecular weight excluding hydrogens is 328 g/mol. The second kappa shape index (κ2) is 9.13. The number of aryl methyl sites for hydroxylation is 1. The van der Waals surface area contributed by atoms with Crippen molar-refractivity contribution >= 4 is 12.0 Å². The lowest BCUT2D eigenvalue weighted by Crippen LogP contribution is -2.10. The highest BCUT2D eigenvalue weighted by molar-refractivity contribution is 5.87. The summed E-state index contributed by atoms with van der Waals surface area (Å²) in [6.07, 6.45) is 12.2. The van der Waals surface area contributed by atoms with Gasteiger partial charge in [-0.15, -0.1) is 0 Å². The molecule has 5 heteroatoms. The Morgan fingerprint density at radius 1 is 1.27 bits per heavy atom. The van der Waals surface area contributed by atoms with E-state index in [2.05, 4.69) is 9.97 Å². The molecule has 0 unspecified atom stereocenters. The Morgan fingerprint density at radius 2 is 2.12 bits per heavy atom. The number of carbonyl (C=O) groups excluding carboxylic acids is 1. The number of aromatic nitrogens is 2. The highest BCUT2D eigenvalue weighted by atomic mass is 16.5. The van der Waals surface area contributed by atoms with E-state index in [1.165, 1.54) is 18.9 Å². The van der Waals surface area contributed by atoms with E-state index in [1.54, 1.807) is 18.5 Å². The average molecular weight is 352 g/mol. The summed E-state index contributed by atoms with van der Waals surface area (Å²) < 4.78 is 11.2. The molecule has 0 atom stereocenters. The van der Waals surface area contributed by atoms with E-state index in [0.717, 1.165) is 35.5 Å². The second-order valence-electron chi connectivity index (χ2n) is 6.50. The van der Waals surface area contributed by atoms with Crippen LogP contribution in [0.5, 0.6) is 5.75 Å². The molecule has 3 rings (SSSR count). The minimum atomic E-state index is -0.368. The van der Waals surface area contributed by atoms with Crippen LogP contribution in [0.1, 0.15) is 42.6 Å². The number of rotatable bonds is 7. The number of benzene rings is 1. The summed E-state index contributed by atoms with van der Waals surface area (Å²) in [5, 5.41) is 0. The first-order valence-electron chi connectivity index (χ1n) is 9.08. The van der Waals surface area contributed by atoms with Crippen molar-refractivity contribution in [2.24, 2.45) is 0 Å². The summed E-state index contributed by atoms with van der Waals surface area (Å²) in [4.78, 5) is 20.3. The number of hydrogen-bond donors (Lipinski definition) is 0. The van der Waals surface area contributed by atoms with Crippen LogP contribution < -0.4 is 4.74 Å². The topological polar surface area (TPSA) is 61.3 Å². The molecule has 1 heterocycles. The zero-order valence-electron chi connectivity index (χ0n) is 15.1. The lowest BCUT2D eigenvalue weighted by molar-refractivity contribution is -0.137. The Balaban J connectivity index is 1.46. The molecule has 0 N–H and O–H groups in total. The smallest absolute Gasteiger partial charge is 0.330 e. The fraction of sp³-hybridized carbons (Fsp3) is 0.381. The molecule has 26 heavy (non-hydrogen) atoms. The SMILES string of the molecule is Cc1cncc(CCOC(=O)/C=C/c2cccc(OC3CCCC3)c2)n1. The van der Waals surface area contributed by atoms with Gasteiger partial charge in [0.25, 0.3) is 0 Å². The van der Waals surface area contributed by atoms with Crippen LogP contribution in [0.4, 0.5) is 0 Å². The molecule has 1 saturated carbocycles. The summed E-state index contributed by atoms with van der Waals surface area (Å²) in [5.41, 5.74) is 2.59. The van der Waals surface area contributed by atoms with Crippen molar-refractivity contribution in [3.05, 3.63) is 59.7 Å². The van der Waals surface area contributed by atoms with E-state index in [9.17, 15) is 4.79 Å². The van der Waals surface area contributed by atoms with Crippen molar-refractivity contribution < 1.29 is 14.3 Å². The normalized spacial score (nSPS) is 14.7. The fourth-order valence-corrected chi connectivity index (χ4v) is 2.99. The first-order valence-corrected chi connectivity index (χ1v) is 9.08. The van der Waals surface area contributed by atoms with E-state index in [0.29, 0.717) is 12.5 Å². The fourth-order valence-electron chi connectivity index (χ4n) is 2.99. The van der Waals surface area contributed by atoms with Crippen LogP contribution in [0.3, 0.4) is 0 Å². The Morgan fingerprint density at radius 3 is 2.92 bits per heavy atom. The van der Waals surface area contributed by atoms with Crippen LogP contribution in [0.2, 0.25) is 0 Å². The number of ether oxygens (including phenoxy) is 2. The van der Waals surface area contributed by atoms with E-state index < -0.39 is 0 Å². The summed E-state index contributed by atoms with van der Waals surface area (Å²) in [6.45, 7) is 2.17. The molecule has 5 nitrogen and oxygen atoms in total. The first kappa shape index (κ1) is 18.1. The van der Waals surface area contributed by atoms with Crippen LogP contribution in [-0.4, -0.2) is 28.6 Å². The van der Waals surface area contributed by atoms with Crippen molar-refractivity contribution in [3.63, 3.8) is 0 Å². The third-order valence-electron chi connectivity index (χ3n) is 4.28. The molecule has 0 amide bonds. The predicted octanol–water partition coefficient (Wildman–Crippen LogP) is 3.91. The van der Waals surface area contributed by atoms with Crippen molar-refractivity contribution in [2.45, 2.75) is 45.1 Å². The molecule has 0 spiro atoms. The lowest BCUT2D eigenvalue weighted by Gasteiger charge is -2.13. The maximum atomic E-state index is 11.9. The number of esters is 1. The third kappa shape index (κ3) is 5.69. The van der Waals surface area contributed by atoms with Gasteiger partial charge in [0, 0.05) is 24.9 Å². The Bertz CT molecular complexity index is 767. The van der Waals surface area contributed by atoms with Gasteiger partial charge in [0.05, 0.1) is 24.1 Å². The highest BCUT2D eigenvalue weighted by Crippen LogP contribution is 2.24. The Hall–Kier alpha value is -2.69. The predicted molar refractivity (Wildman–Crippen MR) is 99.8 cm³/mol. The van der Waals surface area contributed by atoms with Gasteiger partial charge in [-0.1, -0.05) is 12.1 Å². The molecule has 1 aliphatic carbocycles. The Labute approximate surface area is 154 Å². The standard InChI is InChI=1S/C21H24N2O3/c1-16-14-22-15-18(23-16)11-12-25-21(24)10-9-17-5-4-8-20(13-17)26-19-6-2-3-7-19/h4-5,8-10,13-15,19H,2-3,6-7,11-12H2,1H3/b10-9+. The quantitative estimate of drug-likeness (QED) is 0.558. The maximum absolute atomic E-state index is 11.9. The van der Waals surface area contributed by atoms with Crippen molar-refractivity contribution in [2.75, 3.05) is 6.61 Å². The first-order chi connectivity index (χ1) is 12.7. The van der Waals surface area contributed by atoms with E-state index in [4.69, 9.17) is 9.47 Å². The second-order valence-corrected chi connectivity index (χ2v) is 6.50. The van der Waals surface area contributed by atoms with Crippen molar-refractivity contribution in [1.29, 1.82) is 0 Å².